The summed E-state index contributed by atoms with van der Waals surface area (Å²) in [6.45, 7) is 14.9. The van der Waals surface area contributed by atoms with E-state index in [-0.39, 0.29) is 49.3 Å². The van der Waals surface area contributed by atoms with Crippen molar-refractivity contribution >= 4 is 40.6 Å². The van der Waals surface area contributed by atoms with E-state index >= 15 is 0 Å². The molecule has 6 bridgehead atoms. The number of rotatable bonds is 11. The molecule has 4 aromatic rings. The SMILES string of the molecule is CCn1c(-c2cccnc2[C@H](C)OC)c2c3cc(ccc31)-c1cc(O)cc(c1)C[C@H](NC(=O)[C@H](C(C)C)N(C)C(=O)N1CCN(C(=O)/C=C/CN(C)C)CC1)C(=O)N1CCC[C@H](N1)C(=O)OCC(C)(C)C2. The topological polar surface area (TPSA) is 182 Å². The van der Waals surface area contributed by atoms with Crippen molar-refractivity contribution in [3.8, 4) is 28.1 Å². The van der Waals surface area contributed by atoms with Crippen molar-refractivity contribution in [3.63, 3.8) is 0 Å². The standard InChI is InChI=1S/C54H73N9O8/c1-11-62-45-19-18-37-31-41(45)42(49(62)40-15-12-20-55-47(40)35(4)70-10)32-54(5,6)33-71-52(68)43-16-13-22-63(57-43)51(67)44(29-36-27-38(37)30-39(64)28-36)56-50(66)48(34(2)3)59(9)53(69)61-25-23-60(24-26-61)46(65)17-14-21-58(7)8/h12,14-15,17-20,27-28,30-31,34-35,43-44,48,57,64H,11,13,16,21-26,29,32-33H2,1-10H3,(H,56,66)/b17-14+/t35-,43-,44-,48-/m0/s1. The Morgan fingerprint density at radius 2 is 1.73 bits per heavy atom. The molecule has 2 aromatic carbocycles. The molecule has 71 heavy (non-hydrogen) atoms. The molecule has 2 saturated heterocycles. The minimum absolute atomic E-state index is 0.0121. The molecule has 17 heteroatoms. The van der Waals surface area contributed by atoms with E-state index < -0.39 is 41.3 Å². The number of amides is 5. The van der Waals surface area contributed by atoms with Crippen molar-refractivity contribution < 1.29 is 38.6 Å². The highest BCUT2D eigenvalue weighted by molar-refractivity contribution is 5.96. The summed E-state index contributed by atoms with van der Waals surface area (Å²) in [5.74, 6) is -1.98. The number of hydrazine groups is 1. The Bertz CT molecular complexity index is 2630. The molecule has 0 saturated carbocycles. The molecule has 5 heterocycles. The zero-order chi connectivity index (χ0) is 51.3. The van der Waals surface area contributed by atoms with Crippen LogP contribution >= 0.6 is 0 Å². The number of cyclic esters (lactones) is 1. The number of esters is 1. The van der Waals surface area contributed by atoms with Crippen LogP contribution in [0.2, 0.25) is 0 Å². The molecule has 17 nitrogen and oxygen atoms in total. The fourth-order valence-electron chi connectivity index (χ4n) is 10.2. The molecule has 0 radical (unpaired) electrons. The number of likely N-dealkylation sites (N-methyl/N-ethyl adjacent to an activating group) is 2. The van der Waals surface area contributed by atoms with Crippen molar-refractivity contribution in [1.82, 2.24) is 44.9 Å². The first kappa shape index (κ1) is 52.5. The summed E-state index contributed by atoms with van der Waals surface area (Å²) in [5.41, 5.74) is 9.54. The smallest absolute Gasteiger partial charge is 0.324 e. The Labute approximate surface area is 418 Å². The number of hydrogen-bond donors (Lipinski definition) is 3. The molecule has 5 amide bonds. The number of piperazine rings is 1. The molecule has 4 atom stereocenters. The Hall–Kier alpha value is -6.30. The first-order chi connectivity index (χ1) is 33.8. The highest BCUT2D eigenvalue weighted by atomic mass is 16.5. The van der Waals surface area contributed by atoms with Gasteiger partial charge in [-0.3, -0.25) is 29.2 Å². The maximum Gasteiger partial charge on any atom is 0.324 e. The fourth-order valence-corrected chi connectivity index (χ4v) is 10.2. The second kappa shape index (κ2) is 22.4. The predicted molar refractivity (Wildman–Crippen MR) is 273 cm³/mol. The van der Waals surface area contributed by atoms with Crippen LogP contribution in [0.25, 0.3) is 33.3 Å². The normalized spacial score (nSPS) is 19.7. The first-order valence-corrected chi connectivity index (χ1v) is 24.9. The Balaban J connectivity index is 1.24. The van der Waals surface area contributed by atoms with Crippen molar-refractivity contribution in [1.29, 1.82) is 0 Å². The monoisotopic (exact) mass is 976 g/mol. The number of pyridine rings is 1. The molecule has 0 spiro atoms. The summed E-state index contributed by atoms with van der Waals surface area (Å²) < 4.78 is 14.2. The maximum atomic E-state index is 14.8. The van der Waals surface area contributed by atoms with E-state index in [9.17, 15) is 29.1 Å². The average molecular weight is 976 g/mol. The summed E-state index contributed by atoms with van der Waals surface area (Å²) in [4.78, 5) is 81.9. The lowest BCUT2D eigenvalue weighted by atomic mass is 9.84. The fraction of sp³-hybridized carbons (Fsp3) is 0.519. The Morgan fingerprint density at radius 1 is 1.00 bits per heavy atom. The van der Waals surface area contributed by atoms with Gasteiger partial charge in [0.15, 0.2) is 0 Å². The zero-order valence-corrected chi connectivity index (χ0v) is 43.2. The van der Waals surface area contributed by atoms with Gasteiger partial charge in [-0.05, 0) is 112 Å². The van der Waals surface area contributed by atoms with E-state index in [0.717, 1.165) is 39.0 Å². The highest BCUT2D eigenvalue weighted by Gasteiger charge is 2.39. The summed E-state index contributed by atoms with van der Waals surface area (Å²) >= 11 is 0. The summed E-state index contributed by atoms with van der Waals surface area (Å²) in [6.07, 6.45) is 6.32. The molecule has 3 aliphatic rings. The van der Waals surface area contributed by atoms with Crippen molar-refractivity contribution in [3.05, 3.63) is 83.7 Å². The van der Waals surface area contributed by atoms with Crippen molar-refractivity contribution in [2.24, 2.45) is 11.3 Å². The number of phenolic OH excluding ortho intramolecular Hbond substituents is 1. The van der Waals surface area contributed by atoms with Gasteiger partial charge in [-0.25, -0.2) is 10.2 Å². The van der Waals surface area contributed by atoms with Crippen molar-refractivity contribution in [2.45, 2.75) is 98.0 Å². The van der Waals surface area contributed by atoms with Gasteiger partial charge >= 0.3 is 12.0 Å². The number of aromatic nitrogens is 2. The van der Waals surface area contributed by atoms with E-state index in [0.29, 0.717) is 69.7 Å². The lowest BCUT2D eigenvalue weighted by Crippen LogP contribution is -2.63. The first-order valence-electron chi connectivity index (χ1n) is 24.9. The molecule has 3 N–H and O–H groups in total. The molecule has 0 unspecified atom stereocenters. The molecule has 2 aromatic heterocycles. The highest BCUT2D eigenvalue weighted by Crippen LogP contribution is 2.42. The number of aryl methyl sites for hydroxylation is 1. The van der Waals surface area contributed by atoms with Gasteiger partial charge in [0.05, 0.1) is 24.1 Å². The maximum absolute atomic E-state index is 14.8. The van der Waals surface area contributed by atoms with Crippen LogP contribution in [0, 0.1) is 11.3 Å². The van der Waals surface area contributed by atoms with Gasteiger partial charge in [0, 0.05) is 101 Å². The molecular weight excluding hydrogens is 903 g/mol. The summed E-state index contributed by atoms with van der Waals surface area (Å²) in [6, 6.07) is 12.1. The largest absolute Gasteiger partial charge is 0.508 e. The molecule has 3 aliphatic heterocycles. The van der Waals surface area contributed by atoms with Crippen LogP contribution in [0.3, 0.4) is 0 Å². The number of benzene rings is 2. The van der Waals surface area contributed by atoms with Gasteiger partial charge in [0.25, 0.3) is 5.91 Å². The van der Waals surface area contributed by atoms with E-state index in [2.05, 4.69) is 54.3 Å². The number of ether oxygens (including phenoxy) is 2. The van der Waals surface area contributed by atoms with Gasteiger partial charge in [0.1, 0.15) is 23.9 Å². The third-order valence-corrected chi connectivity index (χ3v) is 13.9. The van der Waals surface area contributed by atoms with Gasteiger partial charge in [0.2, 0.25) is 11.8 Å². The lowest BCUT2D eigenvalue weighted by molar-refractivity contribution is -0.155. The van der Waals surface area contributed by atoms with E-state index in [4.69, 9.17) is 14.5 Å². The van der Waals surface area contributed by atoms with Crippen molar-refractivity contribution in [2.75, 3.05) is 74.1 Å². The predicted octanol–water partition coefficient (Wildman–Crippen LogP) is 5.79. The number of phenols is 1. The van der Waals surface area contributed by atoms with Gasteiger partial charge in [-0.1, -0.05) is 45.9 Å². The number of urea groups is 1. The van der Waals surface area contributed by atoms with E-state index in [1.807, 2.05) is 64.0 Å². The van der Waals surface area contributed by atoms with Crippen LogP contribution in [0.15, 0.2) is 66.9 Å². The second-order valence-corrected chi connectivity index (χ2v) is 20.6. The van der Waals surface area contributed by atoms with E-state index in [1.165, 1.54) is 9.91 Å². The minimum Gasteiger partial charge on any atom is -0.508 e. The third kappa shape index (κ3) is 11.9. The number of methoxy groups -OCH3 is 1. The molecule has 382 valence electrons. The van der Waals surface area contributed by atoms with Crippen LogP contribution in [-0.2, 0) is 48.0 Å². The number of carbonyl (C=O) groups excluding carboxylic acids is 5. The Morgan fingerprint density at radius 3 is 2.42 bits per heavy atom. The third-order valence-electron chi connectivity index (χ3n) is 13.9. The van der Waals surface area contributed by atoms with E-state index in [1.54, 1.807) is 48.4 Å². The van der Waals surface area contributed by atoms with Crippen LogP contribution < -0.4 is 10.7 Å². The zero-order valence-electron chi connectivity index (χ0n) is 43.2. The number of nitrogens with one attached hydrogen (secondary N) is 2. The molecule has 7 rings (SSSR count). The minimum atomic E-state index is -1.17. The number of nitrogens with zero attached hydrogens (tertiary/aromatic N) is 7. The number of carbonyl (C=O) groups is 5. The lowest BCUT2D eigenvalue weighted by Gasteiger charge is -2.39. The number of aromatic hydroxyl groups is 1. The number of hydrogen-bond acceptors (Lipinski definition) is 11. The summed E-state index contributed by atoms with van der Waals surface area (Å²) in [7, 11) is 7.10. The average Bonchev–Trinajstić information content (AvgIpc) is 3.65. The second-order valence-electron chi connectivity index (χ2n) is 20.6. The molecular formula is C54H73N9O8. The van der Waals surface area contributed by atoms with Crippen LogP contribution in [0.5, 0.6) is 5.75 Å². The van der Waals surface area contributed by atoms with Gasteiger partial charge in [-0.15, -0.1) is 0 Å². The van der Waals surface area contributed by atoms with Gasteiger partial charge in [-0.2, -0.15) is 0 Å². The Kier molecular flexibility index (Phi) is 16.6. The van der Waals surface area contributed by atoms with Gasteiger partial charge < -0.3 is 44.1 Å². The van der Waals surface area contributed by atoms with Crippen LogP contribution in [0.1, 0.15) is 77.3 Å². The summed E-state index contributed by atoms with van der Waals surface area (Å²) in [5, 5.41) is 16.8. The molecule has 2 fully saturated rings. The van der Waals surface area contributed by atoms with Crippen LogP contribution in [-0.4, -0.2) is 161 Å². The quantitative estimate of drug-likeness (QED) is 0.122. The van der Waals surface area contributed by atoms with Crippen LogP contribution in [0.4, 0.5) is 4.79 Å². The molecule has 0 aliphatic carbocycles. The number of fused-ring (bicyclic) bond motifs is 6.